The SMILES string of the molecule is N#CC(C#N)=C(C#N)Nc1ccc(O)c2c1C(=O)c1ccccc1C2=O. The second-order valence-electron chi connectivity index (χ2n) is 5.30. The van der Waals surface area contributed by atoms with Crippen LogP contribution in [0.1, 0.15) is 31.8 Å². The summed E-state index contributed by atoms with van der Waals surface area (Å²) in [5, 5.41) is 39.7. The largest absolute Gasteiger partial charge is 0.507 e. The molecular weight excluding hydrogens is 332 g/mol. The summed E-state index contributed by atoms with van der Waals surface area (Å²) < 4.78 is 0. The molecule has 0 atom stereocenters. The standard InChI is InChI=1S/C19H8N4O3/c20-7-10(8-21)14(9-22)23-13-5-6-15(24)17-16(13)18(25)11-3-1-2-4-12(11)19(17)26/h1-6,23-24H. The van der Waals surface area contributed by atoms with E-state index in [1.165, 1.54) is 24.3 Å². The van der Waals surface area contributed by atoms with Crippen LogP contribution in [0, 0.1) is 34.0 Å². The monoisotopic (exact) mass is 340 g/mol. The van der Waals surface area contributed by atoms with Gasteiger partial charge in [0.15, 0.2) is 17.1 Å². The molecule has 0 aromatic heterocycles. The van der Waals surface area contributed by atoms with E-state index in [0.717, 1.165) is 0 Å². The van der Waals surface area contributed by atoms with Crippen molar-refractivity contribution in [3.63, 3.8) is 0 Å². The van der Waals surface area contributed by atoms with E-state index in [2.05, 4.69) is 5.32 Å². The van der Waals surface area contributed by atoms with E-state index < -0.39 is 17.1 Å². The maximum Gasteiger partial charge on any atom is 0.198 e. The zero-order valence-corrected chi connectivity index (χ0v) is 13.1. The van der Waals surface area contributed by atoms with Crippen LogP contribution in [0.3, 0.4) is 0 Å². The molecule has 0 amide bonds. The van der Waals surface area contributed by atoms with Crippen molar-refractivity contribution >= 4 is 17.3 Å². The van der Waals surface area contributed by atoms with Crippen LogP contribution in [-0.2, 0) is 0 Å². The number of nitriles is 3. The fourth-order valence-electron chi connectivity index (χ4n) is 2.73. The summed E-state index contributed by atoms with van der Waals surface area (Å²) in [6.45, 7) is 0. The van der Waals surface area contributed by atoms with Gasteiger partial charge >= 0.3 is 0 Å². The van der Waals surface area contributed by atoms with Crippen LogP contribution in [0.25, 0.3) is 0 Å². The van der Waals surface area contributed by atoms with Crippen LogP contribution in [-0.4, -0.2) is 16.7 Å². The van der Waals surface area contributed by atoms with Crippen molar-refractivity contribution in [1.82, 2.24) is 0 Å². The number of aromatic hydroxyl groups is 1. The minimum atomic E-state index is -0.528. The number of carbonyl (C=O) groups excluding carboxylic acids is 2. The van der Waals surface area contributed by atoms with Gasteiger partial charge in [-0.1, -0.05) is 24.3 Å². The van der Waals surface area contributed by atoms with E-state index in [0.29, 0.717) is 0 Å². The Bertz CT molecular complexity index is 1120. The van der Waals surface area contributed by atoms with Crippen molar-refractivity contribution in [1.29, 1.82) is 15.8 Å². The predicted molar refractivity (Wildman–Crippen MR) is 88.9 cm³/mol. The highest BCUT2D eigenvalue weighted by Crippen LogP contribution is 2.37. The van der Waals surface area contributed by atoms with Crippen LogP contribution in [0.5, 0.6) is 5.75 Å². The molecule has 0 fully saturated rings. The summed E-state index contributed by atoms with van der Waals surface area (Å²) >= 11 is 0. The van der Waals surface area contributed by atoms with Crippen molar-refractivity contribution in [2.45, 2.75) is 0 Å². The Morgan fingerprint density at radius 2 is 1.42 bits per heavy atom. The van der Waals surface area contributed by atoms with E-state index in [4.69, 9.17) is 10.5 Å². The van der Waals surface area contributed by atoms with Crippen LogP contribution < -0.4 is 5.32 Å². The minimum Gasteiger partial charge on any atom is -0.507 e. The van der Waals surface area contributed by atoms with Gasteiger partial charge in [0, 0.05) is 11.1 Å². The summed E-state index contributed by atoms with van der Waals surface area (Å²) in [5.41, 5.74) is -0.746. The fraction of sp³-hybridized carbons (Fsp3) is 0. The first-order valence-electron chi connectivity index (χ1n) is 7.29. The summed E-state index contributed by atoms with van der Waals surface area (Å²) in [5.74, 6) is -1.41. The number of allylic oxidation sites excluding steroid dienone is 2. The zero-order valence-electron chi connectivity index (χ0n) is 13.1. The molecule has 1 aliphatic carbocycles. The van der Waals surface area contributed by atoms with Gasteiger partial charge in [-0.3, -0.25) is 9.59 Å². The third-order valence-electron chi connectivity index (χ3n) is 3.90. The number of ketones is 2. The number of carbonyl (C=O) groups is 2. The Labute approximate surface area is 147 Å². The third kappa shape index (κ3) is 2.36. The topological polar surface area (TPSA) is 138 Å². The Balaban J connectivity index is 2.25. The predicted octanol–water partition coefficient (Wildman–Crippen LogP) is 2.40. The molecule has 0 aliphatic heterocycles. The third-order valence-corrected chi connectivity index (χ3v) is 3.90. The Kier molecular flexibility index (Phi) is 3.95. The van der Waals surface area contributed by atoms with E-state index in [9.17, 15) is 20.0 Å². The molecule has 0 saturated heterocycles. The highest BCUT2D eigenvalue weighted by molar-refractivity contribution is 6.31. The van der Waals surface area contributed by atoms with Gasteiger partial charge in [-0.05, 0) is 12.1 Å². The molecule has 1 aliphatic rings. The first kappa shape index (κ1) is 16.4. The molecule has 0 unspecified atom stereocenters. The number of nitrogens with one attached hydrogen (secondary N) is 1. The molecule has 2 aromatic carbocycles. The first-order valence-corrected chi connectivity index (χ1v) is 7.29. The van der Waals surface area contributed by atoms with Gasteiger partial charge in [-0.15, -0.1) is 0 Å². The first-order chi connectivity index (χ1) is 12.5. The molecule has 2 N–H and O–H groups in total. The van der Waals surface area contributed by atoms with Crippen molar-refractivity contribution in [3.8, 4) is 24.0 Å². The van der Waals surface area contributed by atoms with Crippen molar-refractivity contribution < 1.29 is 14.7 Å². The smallest absolute Gasteiger partial charge is 0.198 e. The van der Waals surface area contributed by atoms with Gasteiger partial charge in [-0.25, -0.2) is 0 Å². The normalized spacial score (nSPS) is 11.3. The molecule has 0 saturated carbocycles. The second-order valence-corrected chi connectivity index (χ2v) is 5.30. The molecular formula is C19H8N4O3. The molecule has 0 spiro atoms. The summed E-state index contributed by atoms with van der Waals surface area (Å²) in [6.07, 6.45) is 0. The number of rotatable bonds is 2. The Morgan fingerprint density at radius 3 is 1.96 bits per heavy atom. The zero-order chi connectivity index (χ0) is 18.8. The molecule has 7 heteroatoms. The molecule has 26 heavy (non-hydrogen) atoms. The number of phenols is 1. The van der Waals surface area contributed by atoms with Gasteiger partial charge in [0.25, 0.3) is 0 Å². The minimum absolute atomic E-state index is 0.0465. The summed E-state index contributed by atoms with van der Waals surface area (Å²) in [6, 6.07) is 13.5. The van der Waals surface area contributed by atoms with E-state index in [1.807, 2.05) is 0 Å². The van der Waals surface area contributed by atoms with Crippen LogP contribution in [0.2, 0.25) is 0 Å². The molecule has 0 radical (unpaired) electrons. The summed E-state index contributed by atoms with van der Waals surface area (Å²) in [4.78, 5) is 25.6. The number of fused-ring (bicyclic) bond motifs is 2. The lowest BCUT2D eigenvalue weighted by molar-refractivity contribution is 0.0977. The lowest BCUT2D eigenvalue weighted by Gasteiger charge is -2.21. The highest BCUT2D eigenvalue weighted by Gasteiger charge is 2.34. The number of hydrogen-bond acceptors (Lipinski definition) is 7. The van der Waals surface area contributed by atoms with Crippen molar-refractivity contribution in [2.24, 2.45) is 0 Å². The lowest BCUT2D eigenvalue weighted by atomic mass is 9.82. The van der Waals surface area contributed by atoms with Gasteiger partial charge in [-0.2, -0.15) is 15.8 Å². The maximum absolute atomic E-state index is 12.9. The average molecular weight is 340 g/mol. The van der Waals surface area contributed by atoms with E-state index in [1.54, 1.807) is 30.3 Å². The van der Waals surface area contributed by atoms with Crippen LogP contribution in [0.15, 0.2) is 47.7 Å². The van der Waals surface area contributed by atoms with E-state index >= 15 is 0 Å². The van der Waals surface area contributed by atoms with E-state index in [-0.39, 0.29) is 39.4 Å². The maximum atomic E-state index is 12.9. The molecule has 0 heterocycles. The lowest BCUT2D eigenvalue weighted by Crippen LogP contribution is -2.22. The van der Waals surface area contributed by atoms with Crippen molar-refractivity contribution in [2.75, 3.05) is 5.32 Å². The van der Waals surface area contributed by atoms with Gasteiger partial charge in [0.2, 0.25) is 0 Å². The highest BCUT2D eigenvalue weighted by atomic mass is 16.3. The van der Waals surface area contributed by atoms with Crippen LogP contribution in [0.4, 0.5) is 5.69 Å². The second kappa shape index (κ2) is 6.24. The van der Waals surface area contributed by atoms with Gasteiger partial charge < -0.3 is 10.4 Å². The Hall–Kier alpha value is -4.41. The quantitative estimate of drug-likeness (QED) is 0.539. The Morgan fingerprint density at radius 1 is 0.846 bits per heavy atom. The molecule has 0 bridgehead atoms. The molecule has 122 valence electrons. The van der Waals surface area contributed by atoms with Gasteiger partial charge in [0.1, 0.15) is 29.7 Å². The molecule has 7 nitrogen and oxygen atoms in total. The fourth-order valence-corrected chi connectivity index (χ4v) is 2.73. The average Bonchev–Trinajstić information content (AvgIpc) is 2.67. The molecule has 3 rings (SSSR count). The summed E-state index contributed by atoms with van der Waals surface area (Å²) in [7, 11) is 0. The number of hydrogen-bond donors (Lipinski definition) is 2. The van der Waals surface area contributed by atoms with Crippen LogP contribution >= 0.6 is 0 Å². The van der Waals surface area contributed by atoms with Crippen molar-refractivity contribution in [3.05, 3.63) is 69.9 Å². The number of anilines is 1. The van der Waals surface area contributed by atoms with Gasteiger partial charge in [0.05, 0.1) is 16.8 Å². The molecule has 2 aromatic rings. The number of phenolic OH excluding ortho intramolecular Hbond substituents is 1. The number of benzene rings is 2. The number of nitrogens with zero attached hydrogens (tertiary/aromatic N) is 3.